The van der Waals surface area contributed by atoms with Crippen LogP contribution in [-0.4, -0.2) is 63.5 Å². The second-order valence-corrected chi connectivity index (χ2v) is 6.95. The summed E-state index contributed by atoms with van der Waals surface area (Å²) in [5, 5.41) is 14.3. The zero-order chi connectivity index (χ0) is 17.8. The van der Waals surface area contributed by atoms with Crippen LogP contribution in [0.3, 0.4) is 0 Å². The first-order valence-corrected chi connectivity index (χ1v) is 9.31. The van der Waals surface area contributed by atoms with Crippen LogP contribution in [0.15, 0.2) is 30.3 Å². The standard InChI is InChI=1S/C20H30N4O/c1-4-18(15-25)23-12-10-22(11-13-23)14-20-16(2)21-24(17(20)3)19-8-6-5-7-9-19/h5-9,18,25H,4,10-15H2,1-3H3. The molecule has 2 aromatic rings. The summed E-state index contributed by atoms with van der Waals surface area (Å²) in [6.07, 6.45) is 1.01. The zero-order valence-corrected chi connectivity index (χ0v) is 15.6. The maximum absolute atomic E-state index is 9.50. The minimum Gasteiger partial charge on any atom is -0.395 e. The van der Waals surface area contributed by atoms with Gasteiger partial charge in [0.25, 0.3) is 0 Å². The average Bonchev–Trinajstić information content (AvgIpc) is 2.93. The Morgan fingerprint density at radius 3 is 2.36 bits per heavy atom. The summed E-state index contributed by atoms with van der Waals surface area (Å²) < 4.78 is 2.06. The summed E-state index contributed by atoms with van der Waals surface area (Å²) in [6.45, 7) is 11.8. The number of piperazine rings is 1. The number of benzene rings is 1. The first-order valence-electron chi connectivity index (χ1n) is 9.31. The molecule has 0 aliphatic carbocycles. The average molecular weight is 342 g/mol. The third-order valence-corrected chi connectivity index (χ3v) is 5.43. The van der Waals surface area contributed by atoms with E-state index in [4.69, 9.17) is 5.10 Å². The monoisotopic (exact) mass is 342 g/mol. The van der Waals surface area contributed by atoms with Crippen molar-refractivity contribution in [1.29, 1.82) is 0 Å². The Bertz CT molecular complexity index is 671. The molecular formula is C20H30N4O. The Kier molecular flexibility index (Phi) is 5.89. The number of nitrogens with zero attached hydrogens (tertiary/aromatic N) is 4. The van der Waals surface area contributed by atoms with Crippen molar-refractivity contribution in [2.75, 3.05) is 32.8 Å². The molecule has 0 saturated carbocycles. The van der Waals surface area contributed by atoms with E-state index in [0.29, 0.717) is 6.04 Å². The third kappa shape index (κ3) is 3.94. The van der Waals surface area contributed by atoms with Crippen molar-refractivity contribution in [2.24, 2.45) is 0 Å². The van der Waals surface area contributed by atoms with Crippen LogP contribution in [0.2, 0.25) is 0 Å². The molecule has 3 rings (SSSR count). The molecule has 2 heterocycles. The summed E-state index contributed by atoms with van der Waals surface area (Å²) in [5.74, 6) is 0. The van der Waals surface area contributed by atoms with Gasteiger partial charge in [-0.15, -0.1) is 0 Å². The highest BCUT2D eigenvalue weighted by atomic mass is 16.3. The molecule has 1 atom stereocenters. The molecule has 5 heteroatoms. The lowest BCUT2D eigenvalue weighted by Gasteiger charge is -2.38. The van der Waals surface area contributed by atoms with Crippen LogP contribution >= 0.6 is 0 Å². The van der Waals surface area contributed by atoms with E-state index < -0.39 is 0 Å². The fraction of sp³-hybridized carbons (Fsp3) is 0.550. The van der Waals surface area contributed by atoms with Crippen molar-refractivity contribution in [3.05, 3.63) is 47.3 Å². The van der Waals surface area contributed by atoms with Gasteiger partial charge >= 0.3 is 0 Å². The van der Waals surface area contributed by atoms with Gasteiger partial charge in [-0.05, 0) is 32.4 Å². The maximum atomic E-state index is 9.50. The first kappa shape index (κ1) is 18.1. The summed E-state index contributed by atoms with van der Waals surface area (Å²) in [6, 6.07) is 10.6. The smallest absolute Gasteiger partial charge is 0.0648 e. The van der Waals surface area contributed by atoms with Gasteiger partial charge in [-0.3, -0.25) is 9.80 Å². The SMILES string of the molecule is CCC(CO)N1CCN(Cc2c(C)nn(-c3ccccc3)c2C)CC1. The molecule has 1 aromatic carbocycles. The molecule has 1 unspecified atom stereocenters. The van der Waals surface area contributed by atoms with E-state index in [1.165, 1.54) is 11.3 Å². The molecule has 0 spiro atoms. The van der Waals surface area contributed by atoms with Crippen LogP contribution in [0, 0.1) is 13.8 Å². The van der Waals surface area contributed by atoms with Crippen molar-refractivity contribution in [3.63, 3.8) is 0 Å². The summed E-state index contributed by atoms with van der Waals surface area (Å²) in [4.78, 5) is 4.93. The molecule has 0 amide bonds. The van der Waals surface area contributed by atoms with E-state index in [9.17, 15) is 5.11 Å². The van der Waals surface area contributed by atoms with Crippen LogP contribution in [0.25, 0.3) is 5.69 Å². The van der Waals surface area contributed by atoms with E-state index in [1.54, 1.807) is 0 Å². The maximum Gasteiger partial charge on any atom is 0.0648 e. The minimum atomic E-state index is 0.262. The van der Waals surface area contributed by atoms with Gasteiger partial charge in [-0.25, -0.2) is 4.68 Å². The second kappa shape index (κ2) is 8.13. The number of hydrogen-bond donors (Lipinski definition) is 1. The van der Waals surface area contributed by atoms with Crippen molar-refractivity contribution in [3.8, 4) is 5.69 Å². The number of para-hydroxylation sites is 1. The summed E-state index contributed by atoms with van der Waals surface area (Å²) in [5.41, 5.74) is 4.80. The van der Waals surface area contributed by atoms with Crippen LogP contribution in [-0.2, 0) is 6.54 Å². The second-order valence-electron chi connectivity index (χ2n) is 6.95. The van der Waals surface area contributed by atoms with Gasteiger partial charge in [0.1, 0.15) is 0 Å². The summed E-state index contributed by atoms with van der Waals surface area (Å²) in [7, 11) is 0. The number of rotatable bonds is 6. The Morgan fingerprint density at radius 1 is 1.08 bits per heavy atom. The lowest BCUT2D eigenvalue weighted by molar-refractivity contribution is 0.0607. The molecular weight excluding hydrogens is 312 g/mol. The number of aliphatic hydroxyl groups excluding tert-OH is 1. The largest absolute Gasteiger partial charge is 0.395 e. The molecule has 25 heavy (non-hydrogen) atoms. The predicted molar refractivity (Wildman–Crippen MR) is 101 cm³/mol. The fourth-order valence-electron chi connectivity index (χ4n) is 3.74. The molecule has 1 fully saturated rings. The number of aromatic nitrogens is 2. The van der Waals surface area contributed by atoms with E-state index in [1.807, 2.05) is 6.07 Å². The molecule has 0 radical (unpaired) electrons. The molecule has 0 bridgehead atoms. The Labute approximate surface area is 150 Å². The van der Waals surface area contributed by atoms with Crippen molar-refractivity contribution in [2.45, 2.75) is 39.8 Å². The number of aliphatic hydroxyl groups is 1. The molecule has 1 N–H and O–H groups in total. The van der Waals surface area contributed by atoms with Crippen molar-refractivity contribution < 1.29 is 5.11 Å². The highest BCUT2D eigenvalue weighted by Crippen LogP contribution is 2.20. The quantitative estimate of drug-likeness (QED) is 0.875. The van der Waals surface area contributed by atoms with E-state index >= 15 is 0 Å². The van der Waals surface area contributed by atoms with Crippen molar-refractivity contribution in [1.82, 2.24) is 19.6 Å². The van der Waals surface area contributed by atoms with E-state index in [-0.39, 0.29) is 6.61 Å². The van der Waals surface area contributed by atoms with E-state index in [2.05, 4.69) is 59.5 Å². The Hall–Kier alpha value is -1.69. The van der Waals surface area contributed by atoms with Gasteiger partial charge in [0.15, 0.2) is 0 Å². The Morgan fingerprint density at radius 2 is 1.76 bits per heavy atom. The van der Waals surface area contributed by atoms with E-state index in [0.717, 1.165) is 50.5 Å². The predicted octanol–water partition coefficient (Wildman–Crippen LogP) is 2.38. The van der Waals surface area contributed by atoms with Crippen LogP contribution in [0.4, 0.5) is 0 Å². The molecule has 5 nitrogen and oxygen atoms in total. The highest BCUT2D eigenvalue weighted by Gasteiger charge is 2.24. The third-order valence-electron chi connectivity index (χ3n) is 5.43. The van der Waals surface area contributed by atoms with Gasteiger partial charge in [-0.2, -0.15) is 5.10 Å². The van der Waals surface area contributed by atoms with Gasteiger partial charge in [0, 0.05) is 50.0 Å². The highest BCUT2D eigenvalue weighted by molar-refractivity contribution is 5.36. The molecule has 136 valence electrons. The summed E-state index contributed by atoms with van der Waals surface area (Å²) >= 11 is 0. The molecule has 1 aromatic heterocycles. The fourth-order valence-corrected chi connectivity index (χ4v) is 3.74. The van der Waals surface area contributed by atoms with Gasteiger partial charge in [0.05, 0.1) is 18.0 Å². The minimum absolute atomic E-state index is 0.262. The van der Waals surface area contributed by atoms with Crippen molar-refractivity contribution >= 4 is 0 Å². The molecule has 1 aliphatic heterocycles. The zero-order valence-electron chi connectivity index (χ0n) is 15.6. The number of aryl methyl sites for hydroxylation is 1. The Balaban J connectivity index is 1.68. The topological polar surface area (TPSA) is 44.5 Å². The van der Waals surface area contributed by atoms with Gasteiger partial charge < -0.3 is 5.11 Å². The van der Waals surface area contributed by atoms with Crippen LogP contribution < -0.4 is 0 Å². The first-order chi connectivity index (χ1) is 12.1. The van der Waals surface area contributed by atoms with Crippen LogP contribution in [0.5, 0.6) is 0 Å². The molecule has 1 aliphatic rings. The van der Waals surface area contributed by atoms with Gasteiger partial charge in [-0.1, -0.05) is 25.1 Å². The van der Waals surface area contributed by atoms with Crippen LogP contribution in [0.1, 0.15) is 30.3 Å². The normalized spacial score (nSPS) is 17.8. The molecule has 1 saturated heterocycles. The lowest BCUT2D eigenvalue weighted by Crippen LogP contribution is -2.50. The number of hydrogen-bond acceptors (Lipinski definition) is 4. The lowest BCUT2D eigenvalue weighted by atomic mass is 10.1. The van der Waals surface area contributed by atoms with Gasteiger partial charge in [0.2, 0.25) is 0 Å².